The predicted molar refractivity (Wildman–Crippen MR) is 92.2 cm³/mol. The maximum Gasteiger partial charge on any atom is 0.234 e. The van der Waals surface area contributed by atoms with Gasteiger partial charge in [0.1, 0.15) is 0 Å². The molecule has 0 fully saturated rings. The summed E-state index contributed by atoms with van der Waals surface area (Å²) in [6.07, 6.45) is 1.67. The predicted octanol–water partition coefficient (Wildman–Crippen LogP) is 4.46. The summed E-state index contributed by atoms with van der Waals surface area (Å²) in [6.45, 7) is 0. The maximum absolute atomic E-state index is 11.9. The number of nitrogens with one attached hydrogen (secondary N) is 1. The number of halogens is 3. The minimum Gasteiger partial charge on any atom is -0.399 e. The molecule has 1 aromatic heterocycles. The lowest BCUT2D eigenvalue weighted by atomic mass is 10.3. The lowest BCUT2D eigenvalue weighted by molar-refractivity contribution is -0.113. The van der Waals surface area contributed by atoms with Crippen molar-refractivity contribution in [3.05, 3.63) is 45.0 Å². The number of rotatable bonds is 4. The Labute approximate surface area is 144 Å². The van der Waals surface area contributed by atoms with E-state index in [2.05, 4.69) is 26.2 Å². The van der Waals surface area contributed by atoms with Gasteiger partial charge in [0, 0.05) is 16.4 Å². The van der Waals surface area contributed by atoms with Crippen LogP contribution in [0.3, 0.4) is 0 Å². The zero-order valence-electron chi connectivity index (χ0n) is 10.6. The molecule has 4 nitrogen and oxygen atoms in total. The van der Waals surface area contributed by atoms with Gasteiger partial charge in [-0.15, -0.1) is 0 Å². The summed E-state index contributed by atoms with van der Waals surface area (Å²) >= 11 is 16.6. The van der Waals surface area contributed by atoms with Crippen molar-refractivity contribution < 1.29 is 4.79 Å². The molecule has 0 saturated heterocycles. The van der Waals surface area contributed by atoms with Crippen LogP contribution in [-0.2, 0) is 4.79 Å². The number of anilines is 2. The first-order chi connectivity index (χ1) is 9.95. The summed E-state index contributed by atoms with van der Waals surface area (Å²) in [6, 6.07) is 6.76. The third-order valence-electron chi connectivity index (χ3n) is 2.38. The van der Waals surface area contributed by atoms with E-state index in [1.165, 1.54) is 23.9 Å². The van der Waals surface area contributed by atoms with Crippen LogP contribution in [0.5, 0.6) is 0 Å². The van der Waals surface area contributed by atoms with Crippen molar-refractivity contribution in [2.45, 2.75) is 5.03 Å². The number of nitrogens with two attached hydrogens (primary N) is 1. The second kappa shape index (κ2) is 7.35. The van der Waals surface area contributed by atoms with Crippen LogP contribution in [0.2, 0.25) is 10.0 Å². The molecule has 1 aromatic carbocycles. The number of pyridine rings is 1. The number of aromatic nitrogens is 1. The highest BCUT2D eigenvalue weighted by Gasteiger charge is 2.11. The fourth-order valence-corrected chi connectivity index (χ4v) is 2.95. The van der Waals surface area contributed by atoms with E-state index in [-0.39, 0.29) is 11.7 Å². The number of hydrogen-bond donors (Lipinski definition) is 2. The Morgan fingerprint density at radius 2 is 2.00 bits per heavy atom. The number of nitrogens with zero attached hydrogens (tertiary/aromatic N) is 1. The average molecular weight is 407 g/mol. The molecule has 0 saturated carbocycles. The van der Waals surface area contributed by atoms with Gasteiger partial charge >= 0.3 is 0 Å². The van der Waals surface area contributed by atoms with Crippen molar-refractivity contribution in [1.82, 2.24) is 4.98 Å². The Morgan fingerprint density at radius 3 is 2.57 bits per heavy atom. The summed E-state index contributed by atoms with van der Waals surface area (Å²) < 4.78 is 0.886. The average Bonchev–Trinajstić information content (AvgIpc) is 2.42. The number of carbonyl (C=O) groups is 1. The van der Waals surface area contributed by atoms with E-state index in [1.54, 1.807) is 6.20 Å². The third-order valence-corrected chi connectivity index (χ3v) is 4.39. The van der Waals surface area contributed by atoms with Crippen molar-refractivity contribution in [2.75, 3.05) is 16.8 Å². The van der Waals surface area contributed by atoms with Gasteiger partial charge in [0.15, 0.2) is 0 Å². The van der Waals surface area contributed by atoms with E-state index in [0.29, 0.717) is 21.4 Å². The Hall–Kier alpha value is -0.950. The summed E-state index contributed by atoms with van der Waals surface area (Å²) in [4.78, 5) is 16.1. The molecule has 110 valence electrons. The fourth-order valence-electron chi connectivity index (χ4n) is 1.47. The minimum absolute atomic E-state index is 0.200. The number of nitrogen functional groups attached to an aromatic ring is 1. The van der Waals surface area contributed by atoms with Crippen molar-refractivity contribution in [3.63, 3.8) is 0 Å². The second-order valence-electron chi connectivity index (χ2n) is 4.01. The molecule has 0 radical (unpaired) electrons. The van der Waals surface area contributed by atoms with E-state index < -0.39 is 0 Å². The van der Waals surface area contributed by atoms with Gasteiger partial charge in [-0.2, -0.15) is 0 Å². The Kier molecular flexibility index (Phi) is 5.75. The molecule has 0 aliphatic rings. The lowest BCUT2D eigenvalue weighted by Gasteiger charge is -2.10. The van der Waals surface area contributed by atoms with Gasteiger partial charge in [0.05, 0.1) is 26.5 Å². The molecule has 0 atom stereocenters. The monoisotopic (exact) mass is 405 g/mol. The third kappa shape index (κ3) is 4.78. The molecule has 0 bridgehead atoms. The van der Waals surface area contributed by atoms with Crippen LogP contribution in [-0.4, -0.2) is 16.6 Å². The highest BCUT2D eigenvalue weighted by Crippen LogP contribution is 2.33. The summed E-state index contributed by atoms with van der Waals surface area (Å²) in [5.74, 6) is -0.0237. The number of hydrogen-bond acceptors (Lipinski definition) is 4. The molecule has 0 aliphatic heterocycles. The molecule has 21 heavy (non-hydrogen) atoms. The highest BCUT2D eigenvalue weighted by atomic mass is 79.9. The number of amides is 1. The molecule has 1 heterocycles. The van der Waals surface area contributed by atoms with Crippen LogP contribution in [0, 0.1) is 0 Å². The van der Waals surface area contributed by atoms with E-state index in [4.69, 9.17) is 28.9 Å². The zero-order valence-corrected chi connectivity index (χ0v) is 14.5. The van der Waals surface area contributed by atoms with Crippen molar-refractivity contribution in [1.29, 1.82) is 0 Å². The van der Waals surface area contributed by atoms with Crippen LogP contribution in [0.4, 0.5) is 11.4 Å². The minimum atomic E-state index is -0.224. The molecule has 2 aromatic rings. The molecule has 1 amide bonds. The second-order valence-corrected chi connectivity index (χ2v) is 6.74. The van der Waals surface area contributed by atoms with Crippen molar-refractivity contribution in [2.24, 2.45) is 0 Å². The van der Waals surface area contributed by atoms with Crippen molar-refractivity contribution >= 4 is 68.2 Å². The highest BCUT2D eigenvalue weighted by molar-refractivity contribution is 9.10. The fraction of sp³-hybridized carbons (Fsp3) is 0.0769. The van der Waals surface area contributed by atoms with Gasteiger partial charge in [0.25, 0.3) is 0 Å². The Morgan fingerprint density at radius 1 is 1.33 bits per heavy atom. The SMILES string of the molecule is Nc1cc(Cl)c(NC(=O)CSc2ccc(Br)cn2)c(Cl)c1. The standard InChI is InChI=1S/C13H10BrCl2N3OS/c14-7-1-2-12(18-5-7)21-6-11(20)19-13-9(15)3-8(17)4-10(13)16/h1-5H,6,17H2,(H,19,20). The van der Waals surface area contributed by atoms with E-state index in [9.17, 15) is 4.79 Å². The first kappa shape index (κ1) is 16.4. The normalized spacial score (nSPS) is 10.4. The zero-order chi connectivity index (χ0) is 15.4. The van der Waals surface area contributed by atoms with Gasteiger partial charge in [-0.3, -0.25) is 4.79 Å². The van der Waals surface area contributed by atoms with Gasteiger partial charge in [-0.1, -0.05) is 35.0 Å². The number of benzene rings is 1. The molecule has 8 heteroatoms. The van der Waals surface area contributed by atoms with Crippen LogP contribution in [0.15, 0.2) is 40.0 Å². The van der Waals surface area contributed by atoms with Crippen molar-refractivity contribution in [3.8, 4) is 0 Å². The van der Waals surface area contributed by atoms with Crippen LogP contribution in [0.25, 0.3) is 0 Å². The van der Waals surface area contributed by atoms with E-state index >= 15 is 0 Å². The van der Waals surface area contributed by atoms with E-state index in [1.807, 2.05) is 12.1 Å². The number of carbonyl (C=O) groups excluding carboxylic acids is 1. The van der Waals surface area contributed by atoms with Crippen LogP contribution < -0.4 is 11.1 Å². The topological polar surface area (TPSA) is 68.0 Å². The van der Waals surface area contributed by atoms with Gasteiger partial charge in [-0.25, -0.2) is 4.98 Å². The molecule has 0 unspecified atom stereocenters. The van der Waals surface area contributed by atoms with Crippen LogP contribution >= 0.6 is 50.9 Å². The number of thioether (sulfide) groups is 1. The quantitative estimate of drug-likeness (QED) is 0.580. The van der Waals surface area contributed by atoms with Gasteiger partial charge in [0.2, 0.25) is 5.91 Å². The molecular weight excluding hydrogens is 397 g/mol. The first-order valence-corrected chi connectivity index (χ1v) is 8.28. The molecule has 3 N–H and O–H groups in total. The first-order valence-electron chi connectivity index (χ1n) is 5.74. The summed E-state index contributed by atoms with van der Waals surface area (Å²) in [7, 11) is 0. The molecular formula is C13H10BrCl2N3OS. The Bertz CT molecular complexity index is 644. The summed E-state index contributed by atoms with van der Waals surface area (Å²) in [5, 5.41) is 4.04. The lowest BCUT2D eigenvalue weighted by Crippen LogP contribution is -2.15. The van der Waals surface area contributed by atoms with E-state index in [0.717, 1.165) is 9.50 Å². The maximum atomic E-state index is 11.9. The Balaban J connectivity index is 1.97. The van der Waals surface area contributed by atoms with Gasteiger partial charge < -0.3 is 11.1 Å². The molecule has 2 rings (SSSR count). The smallest absolute Gasteiger partial charge is 0.234 e. The van der Waals surface area contributed by atoms with Crippen LogP contribution in [0.1, 0.15) is 0 Å². The van der Waals surface area contributed by atoms with Gasteiger partial charge in [-0.05, 0) is 40.2 Å². The largest absolute Gasteiger partial charge is 0.399 e. The summed E-state index contributed by atoms with van der Waals surface area (Å²) in [5.41, 5.74) is 6.41. The molecule has 0 spiro atoms. The molecule has 0 aliphatic carbocycles.